The van der Waals surface area contributed by atoms with Gasteiger partial charge in [-0.05, 0) is 0 Å². The van der Waals surface area contributed by atoms with Gasteiger partial charge >= 0.3 is 0 Å². The number of imide groups is 1. The van der Waals surface area contributed by atoms with Crippen molar-refractivity contribution < 1.29 is 19.1 Å². The quantitative estimate of drug-likeness (QED) is 0.328. The minimum Gasteiger partial charge on any atom is -0.487 e. The van der Waals surface area contributed by atoms with Crippen LogP contribution in [-0.4, -0.2) is 35.8 Å². The van der Waals surface area contributed by atoms with Crippen LogP contribution in [0.1, 0.15) is 20.8 Å². The number of hydrogen-bond donors (Lipinski definition) is 0. The van der Waals surface area contributed by atoms with Crippen molar-refractivity contribution in [3.8, 4) is 0 Å². The van der Waals surface area contributed by atoms with Gasteiger partial charge in [0.15, 0.2) is 5.97 Å². The number of ether oxygens (including phenoxy) is 1. The van der Waals surface area contributed by atoms with Crippen LogP contribution < -0.4 is 0 Å². The Morgan fingerprint density at radius 1 is 1.26 bits per heavy atom. The Bertz CT molecular complexity index is 334. The number of carbonyl (C=O) groups excluding carboxylic acids is 3. The molecule has 1 aliphatic rings. The fourth-order valence-electron chi connectivity index (χ4n) is 0.902. The van der Waals surface area contributed by atoms with E-state index >= 15 is 0 Å². The van der Waals surface area contributed by atoms with Gasteiger partial charge in [-0.25, -0.2) is 0 Å². The van der Waals surface area contributed by atoms with E-state index < -0.39 is 5.97 Å². The third kappa shape index (κ3) is 10.1. The minimum atomic E-state index is -0.674. The van der Waals surface area contributed by atoms with E-state index in [1.165, 1.54) is 12.2 Å². The Kier molecular flexibility index (Phi) is 7.36. The van der Waals surface area contributed by atoms with Gasteiger partial charge < -0.3 is 11.7 Å². The van der Waals surface area contributed by atoms with Gasteiger partial charge in [-0.3, -0.25) is 26.2 Å². The van der Waals surface area contributed by atoms with E-state index in [1.54, 1.807) is 0 Å². The second kappa shape index (κ2) is 7.53. The molecular formula is C13H19EsNO4-2. The van der Waals surface area contributed by atoms with Crippen molar-refractivity contribution in [1.29, 1.82) is 0 Å². The predicted molar refractivity (Wildman–Crippen MR) is 67.0 cm³/mol. The van der Waals surface area contributed by atoms with Crippen molar-refractivity contribution in [2.45, 2.75) is 20.8 Å². The molecule has 5 nitrogen and oxygen atoms in total. The number of esters is 1. The fourth-order valence-corrected chi connectivity index (χ4v) is 0.902. The van der Waals surface area contributed by atoms with E-state index in [1.807, 2.05) is 0 Å². The Morgan fingerprint density at radius 3 is 1.95 bits per heavy atom. The van der Waals surface area contributed by atoms with Crippen LogP contribution in [0.2, 0.25) is 0 Å². The van der Waals surface area contributed by atoms with E-state index in [9.17, 15) is 14.4 Å². The Balaban J connectivity index is 0. The first-order valence-electron chi connectivity index (χ1n) is 5.49. The maximum Gasteiger partial charge on any atom is 0.253 e. The summed E-state index contributed by atoms with van der Waals surface area (Å²) in [6.07, 6.45) is 2.35. The van der Waals surface area contributed by atoms with Gasteiger partial charge in [0.05, 0.1) is 6.54 Å². The number of rotatable bonds is 3. The van der Waals surface area contributed by atoms with Gasteiger partial charge in [-0.1, -0.05) is 20.8 Å². The van der Waals surface area contributed by atoms with Crippen LogP contribution in [0.25, 0.3) is 0 Å². The molecule has 0 N–H and O–H groups in total. The summed E-state index contributed by atoms with van der Waals surface area (Å²) in [7, 11) is 0. The largest absolute Gasteiger partial charge is 0.487 e. The number of hydrogen-bond acceptors (Lipinski definition) is 4. The zero-order valence-corrected chi connectivity index (χ0v) is 13.9. The van der Waals surface area contributed by atoms with Crippen LogP contribution in [0.5, 0.6) is 0 Å². The third-order valence-corrected chi connectivity index (χ3v) is 1.48. The molecule has 6 heteroatoms. The van der Waals surface area contributed by atoms with Crippen molar-refractivity contribution in [3.63, 3.8) is 0 Å². The average molecular weight is 505 g/mol. The SMILES string of the molecule is [CH2-]C(=O)OCCN1C(=O)C=CC1=O.[CH2-]C(C)(C)C.[Es]. The molecule has 0 unspecified atom stereocenters. The average Bonchev–Trinajstić information content (AvgIpc) is 2.45. The molecule has 0 aromatic heterocycles. The summed E-state index contributed by atoms with van der Waals surface area (Å²) >= 11 is 0. The second-order valence-electron chi connectivity index (χ2n) is 4.94. The molecule has 1 heterocycles. The van der Waals surface area contributed by atoms with E-state index in [0.29, 0.717) is 0 Å². The van der Waals surface area contributed by atoms with Crippen LogP contribution >= 0.6 is 0 Å². The van der Waals surface area contributed by atoms with Crippen LogP contribution in [0.15, 0.2) is 12.2 Å². The molecule has 0 atom stereocenters. The third-order valence-electron chi connectivity index (χ3n) is 1.48. The fraction of sp³-hybridized carbons (Fsp3) is 0.462. The van der Waals surface area contributed by atoms with Gasteiger partial charge in [0.2, 0.25) is 0 Å². The van der Waals surface area contributed by atoms with Gasteiger partial charge in [0, 0.05) is 12.2 Å². The van der Waals surface area contributed by atoms with Gasteiger partial charge in [0.25, 0.3) is 11.8 Å². The molecule has 0 bridgehead atoms. The molecule has 1 rings (SSSR count). The normalized spacial score (nSPS) is 13.6. The van der Waals surface area contributed by atoms with Crippen molar-refractivity contribution in [2.24, 2.45) is 5.41 Å². The first-order chi connectivity index (χ1) is 8.11. The molecule has 0 aromatic rings. The van der Waals surface area contributed by atoms with Crippen LogP contribution in [-0.2, 0) is 19.1 Å². The molecule has 0 fully saturated rings. The van der Waals surface area contributed by atoms with Gasteiger partial charge in [0.1, 0.15) is 6.61 Å². The van der Waals surface area contributed by atoms with E-state index in [0.717, 1.165) is 4.90 Å². The maximum atomic E-state index is 10.9. The summed E-state index contributed by atoms with van der Waals surface area (Å²) in [4.78, 5) is 33.1. The summed E-state index contributed by atoms with van der Waals surface area (Å²) in [6.45, 7) is 13.0. The molecule has 0 aromatic carbocycles. The standard InChI is InChI=1S/C8H8NO4.C5H11.Es/c1-6(10)13-5-4-9-7(11)2-3-8(9)12;1-5(2,3)4;/h2-3H,1,4-5H2;1H2,2-4H3;/q2*-1;. The maximum absolute atomic E-state index is 10.9. The van der Waals surface area contributed by atoms with Crippen LogP contribution in [0.3, 0.4) is 0 Å². The molecule has 0 aliphatic carbocycles. The molecule has 0 saturated carbocycles. The molecule has 19 heavy (non-hydrogen) atoms. The summed E-state index contributed by atoms with van der Waals surface area (Å²) in [5.74, 6) is -1.44. The molecular weight excluding hydrogens is 486 g/mol. The van der Waals surface area contributed by atoms with Crippen molar-refractivity contribution in [1.82, 2.24) is 4.90 Å². The summed E-state index contributed by atoms with van der Waals surface area (Å²) < 4.78 is 4.48. The zero-order chi connectivity index (χ0) is 14.3. The van der Waals surface area contributed by atoms with Crippen LogP contribution in [0.4, 0.5) is 0 Å². The second-order valence-corrected chi connectivity index (χ2v) is 4.94. The summed E-state index contributed by atoms with van der Waals surface area (Å²) in [6, 6.07) is 0. The number of nitrogens with zero attached hydrogens (tertiary/aromatic N) is 1. The predicted octanol–water partition coefficient (Wildman–Crippen LogP) is 1.16. The monoisotopic (exact) mass is 505 g/mol. The van der Waals surface area contributed by atoms with Crippen molar-refractivity contribution in [3.05, 3.63) is 26.0 Å². The van der Waals surface area contributed by atoms with E-state index in [4.69, 9.17) is 0 Å². The van der Waals surface area contributed by atoms with Crippen molar-refractivity contribution in [2.75, 3.05) is 13.2 Å². The number of amides is 2. The first-order valence-corrected chi connectivity index (χ1v) is 5.49. The Morgan fingerprint density at radius 2 is 1.63 bits per heavy atom. The molecule has 0 spiro atoms. The molecule has 2 amide bonds. The smallest absolute Gasteiger partial charge is 0.253 e. The van der Waals surface area contributed by atoms with Crippen LogP contribution in [0, 0.1) is 19.3 Å². The number of carbonyl (C=O) groups is 3. The van der Waals surface area contributed by atoms with Gasteiger partial charge in [-0.2, -0.15) is 5.41 Å². The Labute approximate surface area is 108 Å². The zero-order valence-electron chi connectivity index (χ0n) is 11.4. The summed E-state index contributed by atoms with van der Waals surface area (Å²) in [5, 5.41) is 0. The van der Waals surface area contributed by atoms with E-state index in [2.05, 4.69) is 39.4 Å². The molecule has 1 aliphatic heterocycles. The van der Waals surface area contributed by atoms with Gasteiger partial charge in [-0.15, -0.1) is 0 Å². The topological polar surface area (TPSA) is 63.7 Å². The Hall–Kier alpha value is -2.78. The summed E-state index contributed by atoms with van der Waals surface area (Å²) in [5.41, 5.74) is 0.250. The molecule has 0 saturated heterocycles. The minimum absolute atomic E-state index is 0. The molecule has 113 valence electrons. The van der Waals surface area contributed by atoms with E-state index in [-0.39, 0.29) is 30.4 Å². The first kappa shape index (κ1) is 18.6. The van der Waals surface area contributed by atoms with Crippen molar-refractivity contribution >= 4 is 17.8 Å². The molecule has 1 radical (unpaired) electrons.